The molecule has 0 aromatic heterocycles. The molecule has 0 bridgehead atoms. The number of rotatable bonds is 0. The minimum atomic E-state index is 0.362. The molecule has 1 heteroatoms. The van der Waals surface area contributed by atoms with Gasteiger partial charge in [0.15, 0.2) is 0 Å². The van der Waals surface area contributed by atoms with Crippen molar-refractivity contribution in [3.8, 4) is 0 Å². The van der Waals surface area contributed by atoms with Crippen molar-refractivity contribution in [2.75, 3.05) is 0 Å². The number of hydrogen-bond acceptors (Lipinski definition) is 0. The van der Waals surface area contributed by atoms with Gasteiger partial charge in [0, 0.05) is 0 Å². The molecule has 0 saturated heterocycles. The average molecular weight is 210 g/mol. The van der Waals surface area contributed by atoms with Crippen molar-refractivity contribution >= 4 is 22.6 Å². The molecule has 0 fully saturated rings. The van der Waals surface area contributed by atoms with Crippen LogP contribution in [-0.2, 0) is 0 Å². The second-order valence-corrected chi connectivity index (χ2v) is 3.38. The van der Waals surface area contributed by atoms with Crippen molar-refractivity contribution in [2.24, 2.45) is 5.41 Å². The minimum absolute atomic E-state index is 0.362. The van der Waals surface area contributed by atoms with E-state index >= 15 is 0 Å². The van der Waals surface area contributed by atoms with Crippen LogP contribution in [0.5, 0.6) is 0 Å². The first-order valence-electron chi connectivity index (χ1n) is 2.34. The van der Waals surface area contributed by atoms with Crippen LogP contribution < -0.4 is 0 Å². The van der Waals surface area contributed by atoms with Crippen molar-refractivity contribution in [3.05, 3.63) is 10.2 Å². The molecule has 0 spiro atoms. The summed E-state index contributed by atoms with van der Waals surface area (Å²) in [5.74, 6) is 0. The standard InChI is InChI=1S/C6H11I/c1-6(2,3)4-5-7/h4-5H,1-3H3/b5-4+. The lowest BCUT2D eigenvalue weighted by Crippen LogP contribution is -1.96. The monoisotopic (exact) mass is 210 g/mol. The van der Waals surface area contributed by atoms with E-state index in [2.05, 4.69) is 53.5 Å². The SMILES string of the molecule is CC(C)(C)/C=C/I. The highest BCUT2D eigenvalue weighted by Gasteiger charge is 2.01. The van der Waals surface area contributed by atoms with Crippen molar-refractivity contribution in [2.45, 2.75) is 20.8 Å². The summed E-state index contributed by atoms with van der Waals surface area (Å²) in [5, 5.41) is 0. The fraction of sp³-hybridized carbons (Fsp3) is 0.667. The summed E-state index contributed by atoms with van der Waals surface area (Å²) in [4.78, 5) is 0. The lowest BCUT2D eigenvalue weighted by atomic mass is 9.98. The molecule has 0 heterocycles. The van der Waals surface area contributed by atoms with E-state index in [1.54, 1.807) is 0 Å². The summed E-state index contributed by atoms with van der Waals surface area (Å²) < 4.78 is 2.05. The van der Waals surface area contributed by atoms with E-state index in [9.17, 15) is 0 Å². The normalized spacial score (nSPS) is 13.1. The molecule has 0 aromatic rings. The average Bonchev–Trinajstić information content (AvgIpc) is 1.30. The highest BCUT2D eigenvalue weighted by Crippen LogP contribution is 2.14. The van der Waals surface area contributed by atoms with Crippen LogP contribution in [0.25, 0.3) is 0 Å². The maximum atomic E-state index is 2.23. The van der Waals surface area contributed by atoms with Crippen LogP contribution >= 0.6 is 22.6 Å². The predicted molar refractivity (Wildman–Crippen MR) is 42.6 cm³/mol. The van der Waals surface area contributed by atoms with E-state index in [0.29, 0.717) is 5.41 Å². The Morgan fingerprint density at radius 1 is 1.29 bits per heavy atom. The summed E-state index contributed by atoms with van der Waals surface area (Å²) in [7, 11) is 0. The molecular weight excluding hydrogens is 199 g/mol. The van der Waals surface area contributed by atoms with Gasteiger partial charge in [-0.3, -0.25) is 0 Å². The second kappa shape index (κ2) is 2.70. The zero-order chi connectivity index (χ0) is 5.91. The third kappa shape index (κ3) is 6.47. The van der Waals surface area contributed by atoms with Gasteiger partial charge in [0.05, 0.1) is 0 Å². The van der Waals surface area contributed by atoms with Crippen molar-refractivity contribution < 1.29 is 0 Å². The first kappa shape index (κ1) is 7.47. The maximum Gasteiger partial charge on any atom is -0.0196 e. The Morgan fingerprint density at radius 3 is 1.71 bits per heavy atom. The Balaban J connectivity index is 3.56. The summed E-state index contributed by atoms with van der Waals surface area (Å²) in [6.07, 6.45) is 2.17. The van der Waals surface area contributed by atoms with Gasteiger partial charge < -0.3 is 0 Å². The van der Waals surface area contributed by atoms with Crippen LogP contribution in [0.2, 0.25) is 0 Å². The van der Waals surface area contributed by atoms with Crippen LogP contribution in [0.15, 0.2) is 10.2 Å². The molecule has 0 nitrogen and oxygen atoms in total. The van der Waals surface area contributed by atoms with E-state index in [-0.39, 0.29) is 0 Å². The second-order valence-electron chi connectivity index (χ2n) is 2.66. The fourth-order valence-corrected chi connectivity index (χ4v) is 1.27. The fourth-order valence-electron chi connectivity index (χ4n) is 0.189. The summed E-state index contributed by atoms with van der Waals surface area (Å²) in [6, 6.07) is 0. The molecule has 0 rings (SSSR count). The summed E-state index contributed by atoms with van der Waals surface area (Å²) >= 11 is 2.23. The van der Waals surface area contributed by atoms with Gasteiger partial charge in [-0.25, -0.2) is 0 Å². The number of hydrogen-bond donors (Lipinski definition) is 0. The minimum Gasteiger partial charge on any atom is -0.0731 e. The van der Waals surface area contributed by atoms with Gasteiger partial charge >= 0.3 is 0 Å². The largest absolute Gasteiger partial charge is 0.0731 e. The van der Waals surface area contributed by atoms with E-state index in [4.69, 9.17) is 0 Å². The molecular formula is C6H11I. The molecule has 0 saturated carbocycles. The first-order chi connectivity index (χ1) is 3.06. The molecule has 0 aliphatic carbocycles. The molecule has 0 aliphatic rings. The first-order valence-corrected chi connectivity index (χ1v) is 3.59. The smallest absolute Gasteiger partial charge is 0.0196 e. The summed E-state index contributed by atoms with van der Waals surface area (Å²) in [6.45, 7) is 6.55. The van der Waals surface area contributed by atoms with E-state index in [1.807, 2.05) is 0 Å². The lowest BCUT2D eigenvalue weighted by Gasteiger charge is -2.09. The Bertz CT molecular complexity index is 66.7. The zero-order valence-corrected chi connectivity index (χ0v) is 7.19. The summed E-state index contributed by atoms with van der Waals surface area (Å²) in [5.41, 5.74) is 0.362. The Morgan fingerprint density at radius 2 is 1.71 bits per heavy atom. The van der Waals surface area contributed by atoms with Gasteiger partial charge in [0.2, 0.25) is 0 Å². The Kier molecular flexibility index (Phi) is 2.88. The van der Waals surface area contributed by atoms with Crippen molar-refractivity contribution in [3.63, 3.8) is 0 Å². The molecule has 0 unspecified atom stereocenters. The lowest BCUT2D eigenvalue weighted by molar-refractivity contribution is 0.545. The quantitative estimate of drug-likeness (QED) is 0.539. The molecule has 0 radical (unpaired) electrons. The maximum absolute atomic E-state index is 2.23. The van der Waals surface area contributed by atoms with Crippen LogP contribution in [0.1, 0.15) is 20.8 Å². The van der Waals surface area contributed by atoms with Gasteiger partial charge in [-0.15, -0.1) is 0 Å². The van der Waals surface area contributed by atoms with Gasteiger partial charge in [-0.1, -0.05) is 49.4 Å². The molecule has 0 aromatic carbocycles. The van der Waals surface area contributed by atoms with E-state index in [1.165, 1.54) is 0 Å². The molecule has 7 heavy (non-hydrogen) atoms. The van der Waals surface area contributed by atoms with E-state index in [0.717, 1.165) is 0 Å². The molecule has 0 atom stereocenters. The Hall–Kier alpha value is 0.470. The van der Waals surface area contributed by atoms with Crippen LogP contribution in [0.3, 0.4) is 0 Å². The van der Waals surface area contributed by atoms with Crippen LogP contribution in [0.4, 0.5) is 0 Å². The van der Waals surface area contributed by atoms with Crippen LogP contribution in [0, 0.1) is 5.41 Å². The topological polar surface area (TPSA) is 0 Å². The van der Waals surface area contributed by atoms with Crippen LogP contribution in [-0.4, -0.2) is 0 Å². The molecule has 42 valence electrons. The van der Waals surface area contributed by atoms with Gasteiger partial charge in [0.25, 0.3) is 0 Å². The van der Waals surface area contributed by atoms with E-state index < -0.39 is 0 Å². The third-order valence-electron chi connectivity index (χ3n) is 0.563. The van der Waals surface area contributed by atoms with Crippen molar-refractivity contribution in [1.29, 1.82) is 0 Å². The zero-order valence-electron chi connectivity index (χ0n) is 5.03. The van der Waals surface area contributed by atoms with Gasteiger partial charge in [-0.05, 0) is 9.50 Å². The van der Waals surface area contributed by atoms with Gasteiger partial charge in [-0.2, -0.15) is 0 Å². The highest BCUT2D eigenvalue weighted by atomic mass is 127. The molecule has 0 aliphatic heterocycles. The number of allylic oxidation sites excluding steroid dienone is 1. The third-order valence-corrected chi connectivity index (χ3v) is 0.923. The highest BCUT2D eigenvalue weighted by molar-refractivity contribution is 14.1. The molecule has 0 amide bonds. The van der Waals surface area contributed by atoms with Gasteiger partial charge in [0.1, 0.15) is 0 Å². The predicted octanol–water partition coefficient (Wildman–Crippen LogP) is 2.98. The van der Waals surface area contributed by atoms with Crippen molar-refractivity contribution in [1.82, 2.24) is 0 Å². The number of halogens is 1. The molecule has 0 N–H and O–H groups in total. The Labute approximate surface area is 59.1 Å².